The van der Waals surface area contributed by atoms with Gasteiger partial charge in [-0.25, -0.2) is 13.9 Å². The lowest BCUT2D eigenvalue weighted by Crippen LogP contribution is -2.27. The molecule has 0 aliphatic rings. The van der Waals surface area contributed by atoms with Gasteiger partial charge in [0.1, 0.15) is 5.69 Å². The molecule has 0 radical (unpaired) electrons. The van der Waals surface area contributed by atoms with E-state index in [0.717, 1.165) is 4.31 Å². The zero-order chi connectivity index (χ0) is 16.5. The van der Waals surface area contributed by atoms with Crippen LogP contribution in [0.5, 0.6) is 0 Å². The van der Waals surface area contributed by atoms with Gasteiger partial charge in [-0.05, 0) is 38.1 Å². The molecule has 118 valence electrons. The number of nitrogens with zero attached hydrogens (tertiary/aromatic N) is 2. The highest BCUT2D eigenvalue weighted by Crippen LogP contribution is 2.26. The molecule has 0 aliphatic heterocycles. The Hall–Kier alpha value is -2.39. The molecule has 1 amide bonds. The number of carbonyl (C=O) groups excluding carboxylic acids is 1. The van der Waals surface area contributed by atoms with Crippen LogP contribution in [0.4, 0.5) is 5.69 Å². The lowest BCUT2D eigenvalue weighted by atomic mass is 10.2. The van der Waals surface area contributed by atoms with Gasteiger partial charge in [-0.3, -0.25) is 14.3 Å². The summed E-state index contributed by atoms with van der Waals surface area (Å²) < 4.78 is 31.2. The first-order valence-corrected chi connectivity index (χ1v) is 7.69. The summed E-state index contributed by atoms with van der Waals surface area (Å²) in [5, 5.41) is 12.2. The summed E-state index contributed by atoms with van der Waals surface area (Å²) in [4.78, 5) is 11.3. The third-order valence-corrected chi connectivity index (χ3v) is 5.21. The van der Waals surface area contributed by atoms with Crippen LogP contribution in [0.1, 0.15) is 21.8 Å². The van der Waals surface area contributed by atoms with Gasteiger partial charge in [-0.1, -0.05) is 5.16 Å². The van der Waals surface area contributed by atoms with Crippen molar-refractivity contribution < 1.29 is 22.9 Å². The number of benzene rings is 1. The van der Waals surface area contributed by atoms with Crippen molar-refractivity contribution in [3.63, 3.8) is 0 Å². The molecule has 1 aromatic heterocycles. The minimum atomic E-state index is -3.82. The Morgan fingerprint density at radius 2 is 1.86 bits per heavy atom. The number of aromatic nitrogens is 1. The maximum atomic E-state index is 12.6. The van der Waals surface area contributed by atoms with Gasteiger partial charge >= 0.3 is 0 Å². The summed E-state index contributed by atoms with van der Waals surface area (Å²) in [6.07, 6.45) is 0. The number of carbonyl (C=O) groups is 1. The SMILES string of the molecule is Cc1noc(C)c1S(=O)(=O)N(C)c1ccc(C(=O)NO)cc1. The van der Waals surface area contributed by atoms with E-state index >= 15 is 0 Å². The predicted molar refractivity (Wildman–Crippen MR) is 77.3 cm³/mol. The first kappa shape index (κ1) is 16.0. The average molecular weight is 325 g/mol. The van der Waals surface area contributed by atoms with Gasteiger partial charge in [0, 0.05) is 12.6 Å². The van der Waals surface area contributed by atoms with Gasteiger partial charge < -0.3 is 4.52 Å². The van der Waals surface area contributed by atoms with Gasteiger partial charge in [-0.15, -0.1) is 0 Å². The van der Waals surface area contributed by atoms with Crippen molar-refractivity contribution in [3.05, 3.63) is 41.3 Å². The second-order valence-corrected chi connectivity index (χ2v) is 6.52. The van der Waals surface area contributed by atoms with Crippen LogP contribution < -0.4 is 9.79 Å². The standard InChI is InChI=1S/C13H15N3O5S/c1-8-12(9(2)21-15-8)22(19,20)16(3)11-6-4-10(5-7-11)13(17)14-18/h4-7,18H,1-3H3,(H,14,17). The van der Waals surface area contributed by atoms with Crippen molar-refractivity contribution in [2.45, 2.75) is 18.7 Å². The summed E-state index contributed by atoms with van der Waals surface area (Å²) in [5.74, 6) is -0.469. The summed E-state index contributed by atoms with van der Waals surface area (Å²) in [6, 6.07) is 5.72. The van der Waals surface area contributed by atoms with Gasteiger partial charge in [0.05, 0.1) is 5.69 Å². The summed E-state index contributed by atoms with van der Waals surface area (Å²) in [7, 11) is -2.43. The number of anilines is 1. The molecule has 1 heterocycles. The molecule has 22 heavy (non-hydrogen) atoms. The number of aryl methyl sites for hydroxylation is 2. The van der Waals surface area contributed by atoms with E-state index in [1.165, 1.54) is 43.7 Å². The molecule has 0 bridgehead atoms. The zero-order valence-electron chi connectivity index (χ0n) is 12.2. The smallest absolute Gasteiger partial charge is 0.274 e. The van der Waals surface area contributed by atoms with Crippen LogP contribution in [0.2, 0.25) is 0 Å². The highest BCUT2D eigenvalue weighted by Gasteiger charge is 2.28. The van der Waals surface area contributed by atoms with Crippen LogP contribution in [0.15, 0.2) is 33.7 Å². The molecule has 2 rings (SSSR count). The second kappa shape index (κ2) is 5.78. The third-order valence-electron chi connectivity index (χ3n) is 3.18. The Labute approximate surface area is 127 Å². The van der Waals surface area contributed by atoms with Crippen LogP contribution in [0, 0.1) is 13.8 Å². The second-order valence-electron chi connectivity index (χ2n) is 4.61. The van der Waals surface area contributed by atoms with E-state index in [2.05, 4.69) is 5.16 Å². The number of rotatable bonds is 4. The van der Waals surface area contributed by atoms with Crippen molar-refractivity contribution in [3.8, 4) is 0 Å². The number of amides is 1. The average Bonchev–Trinajstić information content (AvgIpc) is 2.85. The van der Waals surface area contributed by atoms with Crippen molar-refractivity contribution in [2.75, 3.05) is 11.4 Å². The van der Waals surface area contributed by atoms with E-state index < -0.39 is 15.9 Å². The van der Waals surface area contributed by atoms with E-state index in [9.17, 15) is 13.2 Å². The summed E-state index contributed by atoms with van der Waals surface area (Å²) >= 11 is 0. The molecule has 1 aromatic carbocycles. The largest absolute Gasteiger partial charge is 0.360 e. The van der Waals surface area contributed by atoms with Gasteiger partial charge in [0.2, 0.25) is 0 Å². The molecule has 0 fully saturated rings. The van der Waals surface area contributed by atoms with Crippen molar-refractivity contribution in [2.24, 2.45) is 0 Å². The van der Waals surface area contributed by atoms with Crippen LogP contribution in [-0.4, -0.2) is 31.7 Å². The number of hydroxylamine groups is 1. The maximum absolute atomic E-state index is 12.6. The minimum absolute atomic E-state index is 0.0205. The lowest BCUT2D eigenvalue weighted by Gasteiger charge is -2.19. The molecule has 0 atom stereocenters. The molecule has 0 saturated carbocycles. The Morgan fingerprint density at radius 1 is 1.27 bits per heavy atom. The van der Waals surface area contributed by atoms with Gasteiger partial charge in [0.15, 0.2) is 10.7 Å². The number of hydrogen-bond acceptors (Lipinski definition) is 6. The Bertz CT molecular complexity index is 776. The Kier molecular flexibility index (Phi) is 4.20. The summed E-state index contributed by atoms with van der Waals surface area (Å²) in [5.41, 5.74) is 2.34. The highest BCUT2D eigenvalue weighted by atomic mass is 32.2. The highest BCUT2D eigenvalue weighted by molar-refractivity contribution is 7.92. The third kappa shape index (κ3) is 2.68. The molecule has 0 saturated heterocycles. The summed E-state index contributed by atoms with van der Waals surface area (Å²) in [6.45, 7) is 3.07. The fraction of sp³-hybridized carbons (Fsp3) is 0.231. The molecule has 0 unspecified atom stereocenters. The van der Waals surface area contributed by atoms with Crippen molar-refractivity contribution in [1.29, 1.82) is 0 Å². The topological polar surface area (TPSA) is 113 Å². The molecular formula is C13H15N3O5S. The first-order chi connectivity index (χ1) is 10.3. The van der Waals surface area contributed by atoms with Gasteiger partial charge in [0.25, 0.3) is 15.9 Å². The normalized spacial score (nSPS) is 11.3. The molecule has 2 aromatic rings. The molecule has 9 heteroatoms. The van der Waals surface area contributed by atoms with E-state index in [0.29, 0.717) is 5.69 Å². The monoisotopic (exact) mass is 325 g/mol. The van der Waals surface area contributed by atoms with Crippen LogP contribution >= 0.6 is 0 Å². The van der Waals surface area contributed by atoms with E-state index in [1.54, 1.807) is 6.92 Å². The number of hydrogen-bond donors (Lipinski definition) is 2. The van der Waals surface area contributed by atoms with Crippen molar-refractivity contribution >= 4 is 21.6 Å². The fourth-order valence-electron chi connectivity index (χ4n) is 2.01. The van der Waals surface area contributed by atoms with E-state index in [-0.39, 0.29) is 21.9 Å². The molecule has 0 spiro atoms. The number of sulfonamides is 1. The van der Waals surface area contributed by atoms with E-state index in [4.69, 9.17) is 9.73 Å². The zero-order valence-corrected chi connectivity index (χ0v) is 13.0. The van der Waals surface area contributed by atoms with Crippen LogP contribution in [-0.2, 0) is 10.0 Å². The lowest BCUT2D eigenvalue weighted by molar-refractivity contribution is 0.0706. The minimum Gasteiger partial charge on any atom is -0.360 e. The number of nitrogens with one attached hydrogen (secondary N) is 1. The predicted octanol–water partition coefficient (Wildman–Crippen LogP) is 1.24. The first-order valence-electron chi connectivity index (χ1n) is 6.25. The Balaban J connectivity index is 2.39. The quantitative estimate of drug-likeness (QED) is 0.646. The maximum Gasteiger partial charge on any atom is 0.274 e. The molecule has 0 aliphatic carbocycles. The molecular weight excluding hydrogens is 310 g/mol. The molecule has 2 N–H and O–H groups in total. The van der Waals surface area contributed by atoms with Gasteiger partial charge in [-0.2, -0.15) is 0 Å². The van der Waals surface area contributed by atoms with Crippen molar-refractivity contribution in [1.82, 2.24) is 10.6 Å². The van der Waals surface area contributed by atoms with Crippen LogP contribution in [0.3, 0.4) is 0 Å². The van der Waals surface area contributed by atoms with E-state index in [1.807, 2.05) is 0 Å². The Morgan fingerprint density at radius 3 is 2.32 bits per heavy atom. The fourth-order valence-corrected chi connectivity index (χ4v) is 3.49. The van der Waals surface area contributed by atoms with Crippen LogP contribution in [0.25, 0.3) is 0 Å². The molecule has 8 nitrogen and oxygen atoms in total.